The van der Waals surface area contributed by atoms with Crippen molar-refractivity contribution in [3.63, 3.8) is 0 Å². The molecule has 0 amide bonds. The monoisotopic (exact) mass is 333 g/mol. The van der Waals surface area contributed by atoms with Gasteiger partial charge in [0.1, 0.15) is 0 Å². The van der Waals surface area contributed by atoms with E-state index in [4.69, 9.17) is 11.6 Å². The molecule has 0 saturated carbocycles. The van der Waals surface area contributed by atoms with E-state index in [1.165, 1.54) is 24.3 Å². The Morgan fingerprint density at radius 1 is 1.00 bits per heavy atom. The number of H-pyrrole nitrogens is 1. The summed E-state index contributed by atoms with van der Waals surface area (Å²) in [5.41, 5.74) is 2.28. The topological polar surface area (TPSA) is 74.8 Å². The molecule has 0 fully saturated rings. The highest BCUT2D eigenvalue weighted by molar-refractivity contribution is 7.92. The number of aromatic amines is 1. The molecule has 5 nitrogen and oxygen atoms in total. The number of hydrogen-bond acceptors (Lipinski definition) is 3. The molecule has 1 heterocycles. The van der Waals surface area contributed by atoms with Crippen LogP contribution in [0.5, 0.6) is 0 Å². The molecule has 3 aromatic rings. The van der Waals surface area contributed by atoms with Crippen LogP contribution in [0.4, 0.5) is 5.69 Å². The molecule has 1 aromatic heterocycles. The lowest BCUT2D eigenvalue weighted by molar-refractivity contribution is 0.601. The standard InChI is InChI=1S/C15H12ClN3O2S/c16-12-3-7-14(8-4-12)22(20,21)19-13-5-1-11(2-6-13)15-9-17-10-18-15/h1-10,19H,(H,17,18). The number of rotatable bonds is 4. The van der Waals surface area contributed by atoms with Crippen LogP contribution in [0.15, 0.2) is 66.0 Å². The number of imidazole rings is 1. The smallest absolute Gasteiger partial charge is 0.261 e. The van der Waals surface area contributed by atoms with Gasteiger partial charge in [-0.2, -0.15) is 0 Å². The Labute approximate surface area is 133 Å². The maximum absolute atomic E-state index is 12.3. The minimum atomic E-state index is -3.63. The van der Waals surface area contributed by atoms with Gasteiger partial charge in [0.05, 0.1) is 23.1 Å². The zero-order valence-corrected chi connectivity index (χ0v) is 12.9. The van der Waals surface area contributed by atoms with Crippen molar-refractivity contribution in [3.8, 4) is 11.3 Å². The molecule has 0 unspecified atom stereocenters. The van der Waals surface area contributed by atoms with Crippen LogP contribution in [0.25, 0.3) is 11.3 Å². The highest BCUT2D eigenvalue weighted by Crippen LogP contribution is 2.21. The van der Waals surface area contributed by atoms with E-state index in [9.17, 15) is 8.42 Å². The maximum Gasteiger partial charge on any atom is 0.261 e. The summed E-state index contributed by atoms with van der Waals surface area (Å²) in [4.78, 5) is 7.10. The molecule has 3 rings (SSSR count). The van der Waals surface area contributed by atoms with Gasteiger partial charge in [-0.1, -0.05) is 23.7 Å². The quantitative estimate of drug-likeness (QED) is 0.767. The zero-order chi connectivity index (χ0) is 15.6. The molecule has 0 aliphatic rings. The van der Waals surface area contributed by atoms with Crippen molar-refractivity contribution in [2.24, 2.45) is 0 Å². The molecule has 0 aliphatic carbocycles. The van der Waals surface area contributed by atoms with Gasteiger partial charge < -0.3 is 4.98 Å². The molecule has 0 spiro atoms. The number of nitrogens with zero attached hydrogens (tertiary/aromatic N) is 1. The van der Waals surface area contributed by atoms with Crippen LogP contribution >= 0.6 is 11.6 Å². The van der Waals surface area contributed by atoms with E-state index < -0.39 is 10.0 Å². The number of hydrogen-bond donors (Lipinski definition) is 2. The van der Waals surface area contributed by atoms with Gasteiger partial charge in [-0.25, -0.2) is 13.4 Å². The van der Waals surface area contributed by atoms with E-state index in [1.54, 1.807) is 24.7 Å². The fourth-order valence-corrected chi connectivity index (χ4v) is 3.14. The minimum absolute atomic E-state index is 0.162. The van der Waals surface area contributed by atoms with Crippen molar-refractivity contribution in [1.29, 1.82) is 0 Å². The Hall–Kier alpha value is -2.31. The minimum Gasteiger partial charge on any atom is -0.345 e. The fraction of sp³-hybridized carbons (Fsp3) is 0. The van der Waals surface area contributed by atoms with E-state index >= 15 is 0 Å². The lowest BCUT2D eigenvalue weighted by atomic mass is 10.1. The lowest BCUT2D eigenvalue weighted by Gasteiger charge is -2.08. The van der Waals surface area contributed by atoms with Gasteiger partial charge >= 0.3 is 0 Å². The number of aromatic nitrogens is 2. The van der Waals surface area contributed by atoms with Crippen molar-refractivity contribution < 1.29 is 8.42 Å². The Morgan fingerprint density at radius 2 is 1.68 bits per heavy atom. The average Bonchev–Trinajstić information content (AvgIpc) is 3.02. The molecular weight excluding hydrogens is 322 g/mol. The van der Waals surface area contributed by atoms with Crippen LogP contribution in [0.2, 0.25) is 5.02 Å². The highest BCUT2D eigenvalue weighted by atomic mass is 35.5. The molecule has 0 bridgehead atoms. The molecule has 2 N–H and O–H groups in total. The summed E-state index contributed by atoms with van der Waals surface area (Å²) in [6, 6.07) is 13.0. The normalized spacial score (nSPS) is 11.3. The van der Waals surface area contributed by atoms with Gasteiger partial charge in [0.2, 0.25) is 0 Å². The lowest BCUT2D eigenvalue weighted by Crippen LogP contribution is -2.12. The Bertz CT molecular complexity index is 858. The van der Waals surface area contributed by atoms with Crippen LogP contribution in [-0.4, -0.2) is 18.4 Å². The van der Waals surface area contributed by atoms with Gasteiger partial charge in [0.25, 0.3) is 10.0 Å². The number of nitrogens with one attached hydrogen (secondary N) is 2. The van der Waals surface area contributed by atoms with Crippen molar-refractivity contribution in [2.75, 3.05) is 4.72 Å². The third-order valence-corrected chi connectivity index (χ3v) is 4.72. The summed E-state index contributed by atoms with van der Waals surface area (Å²) in [6.45, 7) is 0. The summed E-state index contributed by atoms with van der Waals surface area (Å²) < 4.78 is 27.0. The number of anilines is 1. The second-order valence-electron chi connectivity index (χ2n) is 4.60. The molecule has 0 saturated heterocycles. The van der Waals surface area contributed by atoms with Crippen molar-refractivity contribution >= 4 is 27.3 Å². The number of sulfonamides is 1. The molecule has 112 valence electrons. The van der Waals surface area contributed by atoms with Crippen LogP contribution in [0.3, 0.4) is 0 Å². The Morgan fingerprint density at radius 3 is 2.27 bits per heavy atom. The maximum atomic E-state index is 12.3. The summed E-state index contributed by atoms with van der Waals surface area (Å²) in [5.74, 6) is 0. The third kappa shape index (κ3) is 3.13. The average molecular weight is 334 g/mol. The highest BCUT2D eigenvalue weighted by Gasteiger charge is 2.13. The molecule has 0 aliphatic heterocycles. The van der Waals surface area contributed by atoms with E-state index in [2.05, 4.69) is 14.7 Å². The number of halogens is 1. The summed E-state index contributed by atoms with van der Waals surface area (Å²) in [7, 11) is -3.63. The molecule has 22 heavy (non-hydrogen) atoms. The van der Waals surface area contributed by atoms with Gasteiger partial charge in [-0.3, -0.25) is 4.72 Å². The Kier molecular flexibility index (Phi) is 3.87. The van der Waals surface area contributed by atoms with Crippen LogP contribution < -0.4 is 4.72 Å². The first-order valence-electron chi connectivity index (χ1n) is 6.42. The van der Waals surface area contributed by atoms with Crippen molar-refractivity contribution in [1.82, 2.24) is 9.97 Å². The predicted octanol–water partition coefficient (Wildman–Crippen LogP) is 3.53. The van der Waals surface area contributed by atoms with Crippen molar-refractivity contribution in [3.05, 3.63) is 66.1 Å². The number of benzene rings is 2. The first-order valence-corrected chi connectivity index (χ1v) is 8.28. The van der Waals surface area contributed by atoms with E-state index in [-0.39, 0.29) is 4.90 Å². The van der Waals surface area contributed by atoms with Crippen LogP contribution in [0, 0.1) is 0 Å². The first kappa shape index (κ1) is 14.6. The molecular formula is C15H12ClN3O2S. The molecule has 2 aromatic carbocycles. The van der Waals surface area contributed by atoms with Crippen molar-refractivity contribution in [2.45, 2.75) is 4.90 Å². The zero-order valence-electron chi connectivity index (χ0n) is 11.3. The van der Waals surface area contributed by atoms with Gasteiger partial charge in [-0.05, 0) is 42.0 Å². The predicted molar refractivity (Wildman–Crippen MR) is 86.3 cm³/mol. The van der Waals surface area contributed by atoms with Crippen LogP contribution in [0.1, 0.15) is 0 Å². The van der Waals surface area contributed by atoms with Gasteiger partial charge in [0.15, 0.2) is 0 Å². The second-order valence-corrected chi connectivity index (χ2v) is 6.72. The van der Waals surface area contributed by atoms with Gasteiger partial charge in [-0.15, -0.1) is 0 Å². The first-order chi connectivity index (χ1) is 10.5. The van der Waals surface area contributed by atoms with Crippen LogP contribution in [-0.2, 0) is 10.0 Å². The largest absolute Gasteiger partial charge is 0.345 e. The van der Waals surface area contributed by atoms with Gasteiger partial charge in [0, 0.05) is 10.7 Å². The van der Waals surface area contributed by atoms with E-state index in [0.717, 1.165) is 11.3 Å². The Balaban J connectivity index is 1.82. The summed E-state index contributed by atoms with van der Waals surface area (Å²) in [5, 5.41) is 0.489. The SMILES string of the molecule is O=S(=O)(Nc1ccc(-c2cnc[nH]2)cc1)c1ccc(Cl)cc1. The fourth-order valence-electron chi connectivity index (χ4n) is 1.96. The second kappa shape index (κ2) is 5.82. The third-order valence-electron chi connectivity index (χ3n) is 3.07. The molecule has 0 radical (unpaired) electrons. The molecule has 7 heteroatoms. The van der Waals surface area contributed by atoms with E-state index in [0.29, 0.717) is 10.7 Å². The summed E-state index contributed by atoms with van der Waals surface area (Å²) >= 11 is 5.76. The summed E-state index contributed by atoms with van der Waals surface area (Å²) in [6.07, 6.45) is 3.29. The molecule has 0 atom stereocenters. The van der Waals surface area contributed by atoms with E-state index in [1.807, 2.05) is 12.1 Å².